The van der Waals surface area contributed by atoms with Gasteiger partial charge >= 0.3 is 0 Å². The monoisotopic (exact) mass is 304 g/mol. The molecule has 1 aromatic carbocycles. The van der Waals surface area contributed by atoms with Gasteiger partial charge in [0.15, 0.2) is 0 Å². The van der Waals surface area contributed by atoms with E-state index in [9.17, 15) is 4.79 Å². The molecule has 0 aliphatic rings. The number of benzene rings is 1. The molecule has 0 aromatic heterocycles. The van der Waals surface area contributed by atoms with Crippen LogP contribution in [0.3, 0.4) is 0 Å². The lowest BCUT2D eigenvalue weighted by molar-refractivity contribution is -0.120. The second-order valence-electron chi connectivity index (χ2n) is 3.85. The van der Waals surface area contributed by atoms with E-state index >= 15 is 0 Å². The van der Waals surface area contributed by atoms with Crippen molar-refractivity contribution in [1.82, 2.24) is 0 Å². The number of halogens is 2. The Balaban J connectivity index is 2.82. The predicted octanol–water partition coefficient (Wildman–Crippen LogP) is 3.17. The number of rotatable bonds is 3. The summed E-state index contributed by atoms with van der Waals surface area (Å²) < 4.78 is 0.790. The van der Waals surface area contributed by atoms with Gasteiger partial charge in [0.2, 0.25) is 5.91 Å². The van der Waals surface area contributed by atoms with Gasteiger partial charge in [0.1, 0.15) is 0 Å². The Morgan fingerprint density at radius 1 is 1.62 bits per heavy atom. The summed E-state index contributed by atoms with van der Waals surface area (Å²) in [5.41, 5.74) is 5.60. The first-order chi connectivity index (χ1) is 7.36. The summed E-state index contributed by atoms with van der Waals surface area (Å²) >= 11 is 9.20. The molecule has 5 heteroatoms. The molecule has 16 heavy (non-hydrogen) atoms. The zero-order chi connectivity index (χ0) is 12.3. The summed E-state index contributed by atoms with van der Waals surface area (Å²) in [6, 6.07) is 5.21. The number of nitrogens with one attached hydrogen (secondary N) is 1. The Morgan fingerprint density at radius 2 is 2.25 bits per heavy atom. The second-order valence-corrected chi connectivity index (χ2v) is 5.12. The Morgan fingerprint density at radius 3 is 2.75 bits per heavy atom. The van der Waals surface area contributed by atoms with Crippen molar-refractivity contribution in [3.8, 4) is 0 Å². The Hall–Kier alpha value is -0.580. The normalized spacial score (nSPS) is 14.3. The Labute approximate surface area is 108 Å². The molecule has 3 nitrogen and oxygen atoms in total. The van der Waals surface area contributed by atoms with Crippen molar-refractivity contribution < 1.29 is 4.79 Å². The lowest BCUT2D eigenvalue weighted by atomic mass is 9.99. The van der Waals surface area contributed by atoms with Crippen LogP contribution in [-0.4, -0.2) is 11.4 Å². The number of nitrogens with two attached hydrogens (primary N) is 1. The average molecular weight is 306 g/mol. The van der Waals surface area contributed by atoms with Gasteiger partial charge in [0.25, 0.3) is 0 Å². The van der Waals surface area contributed by atoms with E-state index in [1.165, 1.54) is 0 Å². The van der Waals surface area contributed by atoms with Crippen LogP contribution in [0.25, 0.3) is 0 Å². The molecular weight excluding hydrogens is 291 g/mol. The van der Waals surface area contributed by atoms with Crippen LogP contribution in [0, 0.1) is 0 Å². The van der Waals surface area contributed by atoms with Crippen LogP contribution in [0.2, 0.25) is 5.02 Å². The average Bonchev–Trinajstić information content (AvgIpc) is 2.23. The Kier molecular flexibility index (Phi) is 4.35. The maximum absolute atomic E-state index is 11.8. The molecule has 0 aliphatic heterocycles. The van der Waals surface area contributed by atoms with Gasteiger partial charge in [0, 0.05) is 10.2 Å². The van der Waals surface area contributed by atoms with Crippen molar-refractivity contribution in [2.24, 2.45) is 5.73 Å². The molecule has 1 rings (SSSR count). The van der Waals surface area contributed by atoms with Crippen LogP contribution < -0.4 is 11.1 Å². The van der Waals surface area contributed by atoms with Gasteiger partial charge in [-0.1, -0.05) is 18.5 Å². The van der Waals surface area contributed by atoms with Crippen LogP contribution in [0.1, 0.15) is 20.3 Å². The van der Waals surface area contributed by atoms with Gasteiger partial charge < -0.3 is 11.1 Å². The second kappa shape index (κ2) is 5.17. The third kappa shape index (κ3) is 3.20. The van der Waals surface area contributed by atoms with E-state index in [-0.39, 0.29) is 5.91 Å². The topological polar surface area (TPSA) is 55.1 Å². The zero-order valence-corrected chi connectivity index (χ0v) is 11.5. The molecule has 0 saturated carbocycles. The highest BCUT2D eigenvalue weighted by atomic mass is 79.9. The van der Waals surface area contributed by atoms with Crippen LogP contribution in [0.4, 0.5) is 5.69 Å². The van der Waals surface area contributed by atoms with Crippen LogP contribution in [0.15, 0.2) is 22.7 Å². The van der Waals surface area contributed by atoms with E-state index in [1.807, 2.05) is 6.92 Å². The number of carbonyl (C=O) groups excluding carboxylic acids is 1. The molecule has 0 aliphatic carbocycles. The van der Waals surface area contributed by atoms with Gasteiger partial charge in [-0.25, -0.2) is 0 Å². The quantitative estimate of drug-likeness (QED) is 0.901. The molecule has 1 atom stereocenters. The first-order valence-electron chi connectivity index (χ1n) is 4.92. The fraction of sp³-hybridized carbons (Fsp3) is 0.364. The minimum absolute atomic E-state index is 0.214. The summed E-state index contributed by atoms with van der Waals surface area (Å²) in [6.45, 7) is 3.57. The molecule has 0 bridgehead atoms. The van der Waals surface area contributed by atoms with Gasteiger partial charge in [0.05, 0.1) is 10.6 Å². The smallest absolute Gasteiger partial charge is 0.244 e. The van der Waals surface area contributed by atoms with E-state index in [0.29, 0.717) is 17.1 Å². The van der Waals surface area contributed by atoms with Crippen molar-refractivity contribution in [2.75, 3.05) is 5.32 Å². The summed E-state index contributed by atoms with van der Waals surface area (Å²) in [7, 11) is 0. The fourth-order valence-corrected chi connectivity index (χ4v) is 1.44. The summed E-state index contributed by atoms with van der Waals surface area (Å²) in [6.07, 6.45) is 0.573. The number of amides is 1. The standard InChI is InChI=1S/C11H14BrClN2O/c1-3-11(2,14)10(16)15-7-4-5-8(12)9(13)6-7/h4-6H,3,14H2,1-2H3,(H,15,16). The van der Waals surface area contributed by atoms with Gasteiger partial charge in [-0.3, -0.25) is 4.79 Å². The molecule has 1 amide bonds. The molecule has 88 valence electrons. The third-order valence-electron chi connectivity index (χ3n) is 2.43. The summed E-state index contributed by atoms with van der Waals surface area (Å²) in [5.74, 6) is -0.214. The molecule has 0 fully saturated rings. The minimum atomic E-state index is -0.862. The maximum atomic E-state index is 11.8. The third-order valence-corrected chi connectivity index (χ3v) is 3.66. The SMILES string of the molecule is CCC(C)(N)C(=O)Nc1ccc(Br)c(Cl)c1. The molecule has 1 unspecified atom stereocenters. The number of carbonyl (C=O) groups is 1. The lowest BCUT2D eigenvalue weighted by Gasteiger charge is -2.21. The van der Waals surface area contributed by atoms with Crippen molar-refractivity contribution in [3.63, 3.8) is 0 Å². The van der Waals surface area contributed by atoms with E-state index in [1.54, 1.807) is 25.1 Å². The van der Waals surface area contributed by atoms with Crippen molar-refractivity contribution in [3.05, 3.63) is 27.7 Å². The molecule has 0 radical (unpaired) electrons. The molecule has 3 N–H and O–H groups in total. The van der Waals surface area contributed by atoms with Crippen molar-refractivity contribution in [2.45, 2.75) is 25.8 Å². The van der Waals surface area contributed by atoms with E-state index in [4.69, 9.17) is 17.3 Å². The molecule has 0 heterocycles. The van der Waals surface area contributed by atoms with Crippen molar-refractivity contribution >= 4 is 39.1 Å². The molecular formula is C11H14BrClN2O. The van der Waals surface area contributed by atoms with Crippen LogP contribution in [0.5, 0.6) is 0 Å². The van der Waals surface area contributed by atoms with E-state index in [0.717, 1.165) is 4.47 Å². The van der Waals surface area contributed by atoms with Crippen LogP contribution in [-0.2, 0) is 4.79 Å². The maximum Gasteiger partial charge on any atom is 0.244 e. The molecule has 0 saturated heterocycles. The highest BCUT2D eigenvalue weighted by Crippen LogP contribution is 2.25. The summed E-state index contributed by atoms with van der Waals surface area (Å²) in [4.78, 5) is 11.8. The first kappa shape index (κ1) is 13.5. The molecule has 1 aromatic rings. The van der Waals surface area contributed by atoms with E-state index < -0.39 is 5.54 Å². The van der Waals surface area contributed by atoms with Gasteiger partial charge in [-0.15, -0.1) is 0 Å². The highest BCUT2D eigenvalue weighted by molar-refractivity contribution is 9.10. The lowest BCUT2D eigenvalue weighted by Crippen LogP contribution is -2.47. The minimum Gasteiger partial charge on any atom is -0.324 e. The Bertz CT molecular complexity index is 407. The van der Waals surface area contributed by atoms with E-state index in [2.05, 4.69) is 21.2 Å². The highest BCUT2D eigenvalue weighted by Gasteiger charge is 2.25. The largest absolute Gasteiger partial charge is 0.324 e. The molecule has 0 spiro atoms. The number of hydrogen-bond donors (Lipinski definition) is 2. The predicted molar refractivity (Wildman–Crippen MR) is 70.7 cm³/mol. The summed E-state index contributed by atoms with van der Waals surface area (Å²) in [5, 5.41) is 3.28. The van der Waals surface area contributed by atoms with Gasteiger partial charge in [-0.2, -0.15) is 0 Å². The number of anilines is 1. The number of hydrogen-bond acceptors (Lipinski definition) is 2. The zero-order valence-electron chi connectivity index (χ0n) is 9.18. The van der Waals surface area contributed by atoms with Gasteiger partial charge in [-0.05, 0) is 47.5 Å². The first-order valence-corrected chi connectivity index (χ1v) is 6.09. The fourth-order valence-electron chi connectivity index (χ4n) is 1.01. The van der Waals surface area contributed by atoms with Crippen molar-refractivity contribution in [1.29, 1.82) is 0 Å². The van der Waals surface area contributed by atoms with Crippen LogP contribution >= 0.6 is 27.5 Å².